The van der Waals surface area contributed by atoms with Crippen molar-refractivity contribution in [1.82, 2.24) is 9.47 Å². The highest BCUT2D eigenvalue weighted by Crippen LogP contribution is 2.21. The minimum absolute atomic E-state index is 0.00895. The number of hydrogen-bond acceptors (Lipinski definition) is 3. The van der Waals surface area contributed by atoms with Crippen LogP contribution in [-0.2, 0) is 11.3 Å². The Balaban J connectivity index is 2.49. The molecule has 0 saturated carbocycles. The van der Waals surface area contributed by atoms with Gasteiger partial charge in [0.1, 0.15) is 6.54 Å². The summed E-state index contributed by atoms with van der Waals surface area (Å²) in [4.78, 5) is 24.8. The smallest absolute Gasteiger partial charge is 0.323 e. The normalized spacial score (nSPS) is 11.1. The predicted octanol–water partition coefficient (Wildman–Crippen LogP) is 1.47. The van der Waals surface area contributed by atoms with Crippen LogP contribution >= 0.6 is 0 Å². The van der Waals surface area contributed by atoms with Gasteiger partial charge < -0.3 is 14.6 Å². The van der Waals surface area contributed by atoms with E-state index in [1.165, 1.54) is 0 Å². The van der Waals surface area contributed by atoms with Crippen molar-refractivity contribution in [2.45, 2.75) is 6.54 Å². The maximum absolute atomic E-state index is 12.2. The van der Waals surface area contributed by atoms with Crippen molar-refractivity contribution < 1.29 is 14.7 Å². The second kappa shape index (κ2) is 5.24. The van der Waals surface area contributed by atoms with Gasteiger partial charge in [0, 0.05) is 22.7 Å². The van der Waals surface area contributed by atoms with Gasteiger partial charge in [0.15, 0.2) is 5.78 Å². The number of carbonyl (C=O) groups is 2. The number of carbonyl (C=O) groups excluding carboxylic acids is 1. The Labute approximate surface area is 111 Å². The molecule has 100 valence electrons. The Bertz CT molecular complexity index is 629. The largest absolute Gasteiger partial charge is 0.480 e. The second-order valence-electron chi connectivity index (χ2n) is 4.74. The van der Waals surface area contributed by atoms with Crippen LogP contribution < -0.4 is 0 Å². The lowest BCUT2D eigenvalue weighted by Crippen LogP contribution is -2.21. The van der Waals surface area contributed by atoms with Crippen molar-refractivity contribution >= 4 is 22.7 Å². The number of fused-ring (bicyclic) bond motifs is 1. The molecule has 0 amide bonds. The third-order valence-corrected chi connectivity index (χ3v) is 2.85. The standard InChI is InChI=1S/C14H16N2O3/c1-15(2)8-13(17)11-7-16(9-14(18)19)12-6-4-3-5-10(11)12/h3-7H,8-9H2,1-2H3,(H,18,19). The van der Waals surface area contributed by atoms with Crippen LogP contribution in [0.15, 0.2) is 30.5 Å². The molecule has 2 aromatic rings. The highest BCUT2D eigenvalue weighted by Gasteiger charge is 2.16. The summed E-state index contributed by atoms with van der Waals surface area (Å²) >= 11 is 0. The molecule has 1 heterocycles. The van der Waals surface area contributed by atoms with Crippen LogP contribution in [0.25, 0.3) is 10.9 Å². The lowest BCUT2D eigenvalue weighted by atomic mass is 10.1. The molecule has 0 aliphatic carbocycles. The Morgan fingerprint density at radius 3 is 2.58 bits per heavy atom. The number of benzene rings is 1. The number of nitrogens with zero attached hydrogens (tertiary/aromatic N) is 2. The van der Waals surface area contributed by atoms with E-state index in [-0.39, 0.29) is 12.3 Å². The van der Waals surface area contributed by atoms with Crippen molar-refractivity contribution in [3.63, 3.8) is 0 Å². The highest BCUT2D eigenvalue weighted by molar-refractivity contribution is 6.09. The van der Waals surface area contributed by atoms with Crippen LogP contribution in [0.1, 0.15) is 10.4 Å². The second-order valence-corrected chi connectivity index (χ2v) is 4.74. The summed E-state index contributed by atoms with van der Waals surface area (Å²) in [6, 6.07) is 7.35. The molecule has 1 aromatic heterocycles. The van der Waals surface area contributed by atoms with Crippen molar-refractivity contribution in [3.8, 4) is 0 Å². The number of likely N-dealkylation sites (N-methyl/N-ethyl adjacent to an activating group) is 1. The van der Waals surface area contributed by atoms with E-state index in [9.17, 15) is 9.59 Å². The van der Waals surface area contributed by atoms with Crippen LogP contribution in [0.4, 0.5) is 0 Å². The van der Waals surface area contributed by atoms with Gasteiger partial charge in [-0.25, -0.2) is 0 Å². The molecule has 0 radical (unpaired) electrons. The Kier molecular flexibility index (Phi) is 3.66. The van der Waals surface area contributed by atoms with E-state index in [0.717, 1.165) is 10.9 Å². The van der Waals surface area contributed by atoms with E-state index < -0.39 is 5.97 Å². The molecule has 0 aliphatic rings. The molecule has 1 N–H and O–H groups in total. The van der Waals surface area contributed by atoms with Gasteiger partial charge in [0.05, 0.1) is 6.54 Å². The van der Waals surface area contributed by atoms with Crippen LogP contribution in [0.5, 0.6) is 0 Å². The number of ketones is 1. The van der Waals surface area contributed by atoms with Crippen molar-refractivity contribution in [1.29, 1.82) is 0 Å². The maximum Gasteiger partial charge on any atom is 0.323 e. The number of aliphatic carboxylic acids is 1. The fraction of sp³-hybridized carbons (Fsp3) is 0.286. The monoisotopic (exact) mass is 260 g/mol. The van der Waals surface area contributed by atoms with Crippen molar-refractivity contribution in [2.75, 3.05) is 20.6 Å². The zero-order chi connectivity index (χ0) is 14.0. The maximum atomic E-state index is 12.2. The van der Waals surface area contributed by atoms with Crippen LogP contribution in [-0.4, -0.2) is 47.0 Å². The van der Waals surface area contributed by atoms with Crippen molar-refractivity contribution in [2.24, 2.45) is 0 Å². The van der Waals surface area contributed by atoms with Gasteiger partial charge in [-0.1, -0.05) is 18.2 Å². The molecular formula is C14H16N2O3. The van der Waals surface area contributed by atoms with Gasteiger partial charge in [0.2, 0.25) is 0 Å². The van der Waals surface area contributed by atoms with E-state index in [1.54, 1.807) is 15.7 Å². The number of carboxylic acid groups (broad SMARTS) is 1. The summed E-state index contributed by atoms with van der Waals surface area (Å²) in [6.07, 6.45) is 1.63. The first-order valence-corrected chi connectivity index (χ1v) is 5.96. The number of para-hydroxylation sites is 1. The van der Waals surface area contributed by atoms with Gasteiger partial charge in [-0.05, 0) is 20.2 Å². The van der Waals surface area contributed by atoms with Crippen LogP contribution in [0, 0.1) is 0 Å². The number of Topliss-reactive ketones (excluding diaryl/α,β-unsaturated/α-hetero) is 1. The molecule has 2 rings (SSSR count). The molecule has 0 spiro atoms. The van der Waals surface area contributed by atoms with Crippen molar-refractivity contribution in [3.05, 3.63) is 36.0 Å². The van der Waals surface area contributed by atoms with E-state index in [1.807, 2.05) is 38.4 Å². The first kappa shape index (κ1) is 13.3. The lowest BCUT2D eigenvalue weighted by molar-refractivity contribution is -0.137. The Morgan fingerprint density at radius 2 is 1.95 bits per heavy atom. The molecule has 0 fully saturated rings. The number of hydrogen-bond donors (Lipinski definition) is 1. The van der Waals surface area contributed by atoms with Gasteiger partial charge in [-0.3, -0.25) is 9.59 Å². The number of aromatic nitrogens is 1. The zero-order valence-corrected chi connectivity index (χ0v) is 11.0. The third kappa shape index (κ3) is 2.82. The SMILES string of the molecule is CN(C)CC(=O)c1cn(CC(=O)O)c2ccccc12. The average molecular weight is 260 g/mol. The van der Waals surface area contributed by atoms with E-state index in [2.05, 4.69) is 0 Å². The zero-order valence-electron chi connectivity index (χ0n) is 11.0. The summed E-state index contributed by atoms with van der Waals surface area (Å²) in [5, 5.41) is 9.71. The minimum Gasteiger partial charge on any atom is -0.480 e. The molecule has 0 atom stereocenters. The van der Waals surface area contributed by atoms with Gasteiger partial charge in [-0.2, -0.15) is 0 Å². The molecule has 0 unspecified atom stereocenters. The molecule has 0 saturated heterocycles. The lowest BCUT2D eigenvalue weighted by Gasteiger charge is -2.07. The first-order chi connectivity index (χ1) is 8.99. The molecule has 0 bridgehead atoms. The minimum atomic E-state index is -0.924. The predicted molar refractivity (Wildman–Crippen MR) is 72.5 cm³/mol. The van der Waals surface area contributed by atoms with Crippen LogP contribution in [0.2, 0.25) is 0 Å². The Morgan fingerprint density at radius 1 is 1.26 bits per heavy atom. The summed E-state index contributed by atoms with van der Waals surface area (Å²) < 4.78 is 1.60. The number of rotatable bonds is 5. The summed E-state index contributed by atoms with van der Waals surface area (Å²) in [5.41, 5.74) is 1.34. The molecule has 1 aromatic carbocycles. The molecule has 5 heteroatoms. The van der Waals surface area contributed by atoms with Crippen LogP contribution in [0.3, 0.4) is 0 Å². The fourth-order valence-corrected chi connectivity index (χ4v) is 2.12. The van der Waals surface area contributed by atoms with Gasteiger partial charge in [-0.15, -0.1) is 0 Å². The molecular weight excluding hydrogens is 244 g/mol. The first-order valence-electron chi connectivity index (χ1n) is 5.96. The quantitative estimate of drug-likeness (QED) is 0.827. The van der Waals surface area contributed by atoms with Gasteiger partial charge >= 0.3 is 5.97 Å². The van der Waals surface area contributed by atoms with E-state index in [4.69, 9.17) is 5.11 Å². The molecule has 19 heavy (non-hydrogen) atoms. The average Bonchev–Trinajstić information content (AvgIpc) is 2.67. The topological polar surface area (TPSA) is 62.5 Å². The third-order valence-electron chi connectivity index (χ3n) is 2.85. The van der Waals surface area contributed by atoms with E-state index in [0.29, 0.717) is 12.1 Å². The summed E-state index contributed by atoms with van der Waals surface area (Å²) in [7, 11) is 3.66. The summed E-state index contributed by atoms with van der Waals surface area (Å²) in [6.45, 7) is 0.164. The fourth-order valence-electron chi connectivity index (χ4n) is 2.12. The summed E-state index contributed by atoms with van der Waals surface area (Å²) in [5.74, 6) is -0.933. The Hall–Kier alpha value is -2.14. The highest BCUT2D eigenvalue weighted by atomic mass is 16.4. The molecule has 0 aliphatic heterocycles. The molecule has 5 nitrogen and oxygen atoms in total. The van der Waals surface area contributed by atoms with Gasteiger partial charge in [0.25, 0.3) is 0 Å². The van der Waals surface area contributed by atoms with E-state index >= 15 is 0 Å². The number of carboxylic acids is 1.